The molecule has 0 aromatic carbocycles. The molecule has 3 nitrogen and oxygen atoms in total. The third-order valence-corrected chi connectivity index (χ3v) is 4.04. The second kappa shape index (κ2) is 6.44. The van der Waals surface area contributed by atoms with Gasteiger partial charge in [-0.1, -0.05) is 12.1 Å². The molecule has 0 spiro atoms. The highest BCUT2D eigenvalue weighted by Gasteiger charge is 2.33. The zero-order chi connectivity index (χ0) is 15.5. The Labute approximate surface area is 125 Å². The van der Waals surface area contributed by atoms with E-state index in [9.17, 15) is 13.2 Å². The third-order valence-electron chi connectivity index (χ3n) is 3.10. The number of anilines is 1. The average Bonchev–Trinajstić information content (AvgIpc) is 2.96. The molecule has 2 N–H and O–H groups in total. The third kappa shape index (κ3) is 3.95. The summed E-state index contributed by atoms with van der Waals surface area (Å²) in [5, 5.41) is 1.98. The van der Waals surface area contributed by atoms with Gasteiger partial charge in [0, 0.05) is 30.6 Å². The minimum absolute atomic E-state index is 0.157. The number of likely N-dealkylation sites (N-methyl/N-ethyl adjacent to an activating group) is 1. The number of pyridine rings is 1. The van der Waals surface area contributed by atoms with Crippen LogP contribution >= 0.6 is 11.3 Å². The van der Waals surface area contributed by atoms with Crippen LogP contribution in [0.2, 0.25) is 0 Å². The Morgan fingerprint density at radius 2 is 2.05 bits per heavy atom. The van der Waals surface area contributed by atoms with E-state index in [0.29, 0.717) is 17.9 Å². The molecule has 0 amide bonds. The predicted octanol–water partition coefficient (Wildman–Crippen LogP) is 3.30. The zero-order valence-electron chi connectivity index (χ0n) is 11.5. The van der Waals surface area contributed by atoms with Gasteiger partial charge in [-0.3, -0.25) is 0 Å². The second-order valence-electron chi connectivity index (χ2n) is 4.63. The van der Waals surface area contributed by atoms with Crippen molar-refractivity contribution in [2.45, 2.75) is 19.1 Å². The van der Waals surface area contributed by atoms with Crippen molar-refractivity contribution < 1.29 is 13.2 Å². The van der Waals surface area contributed by atoms with Crippen LogP contribution in [0.25, 0.3) is 0 Å². The number of thiophene rings is 1. The first-order chi connectivity index (χ1) is 9.91. The van der Waals surface area contributed by atoms with E-state index in [1.807, 2.05) is 17.5 Å². The van der Waals surface area contributed by atoms with E-state index in [1.54, 1.807) is 23.3 Å². The van der Waals surface area contributed by atoms with Gasteiger partial charge in [0.15, 0.2) is 0 Å². The summed E-state index contributed by atoms with van der Waals surface area (Å²) in [7, 11) is 1.73. The van der Waals surface area contributed by atoms with Crippen molar-refractivity contribution in [1.29, 1.82) is 0 Å². The molecule has 0 saturated carbocycles. The molecule has 0 aliphatic rings. The standard InChI is InChI=1S/C14H16F3N3S/c1-20(7-6-11-3-2-8-21-11)13-10(9-18)4-5-12(19-13)14(15,16)17/h2-5,8H,6-7,9,18H2,1H3. The van der Waals surface area contributed by atoms with Gasteiger partial charge in [-0.05, 0) is 23.9 Å². The van der Waals surface area contributed by atoms with Crippen LogP contribution in [0.4, 0.5) is 19.0 Å². The van der Waals surface area contributed by atoms with Crippen LogP contribution in [0.15, 0.2) is 29.6 Å². The van der Waals surface area contributed by atoms with E-state index in [-0.39, 0.29) is 6.54 Å². The lowest BCUT2D eigenvalue weighted by Crippen LogP contribution is -2.24. The molecule has 0 fully saturated rings. The number of nitrogens with two attached hydrogens (primary N) is 1. The van der Waals surface area contributed by atoms with Crippen molar-refractivity contribution >= 4 is 17.2 Å². The highest BCUT2D eigenvalue weighted by molar-refractivity contribution is 7.09. The zero-order valence-corrected chi connectivity index (χ0v) is 12.3. The van der Waals surface area contributed by atoms with Gasteiger partial charge in [-0.25, -0.2) is 4.98 Å². The topological polar surface area (TPSA) is 42.2 Å². The largest absolute Gasteiger partial charge is 0.433 e. The molecule has 0 aliphatic carbocycles. The summed E-state index contributed by atoms with van der Waals surface area (Å²) < 4.78 is 38.3. The number of halogens is 3. The van der Waals surface area contributed by atoms with Crippen molar-refractivity contribution in [2.24, 2.45) is 5.73 Å². The summed E-state index contributed by atoms with van der Waals surface area (Å²) in [5.74, 6) is 0.295. The fourth-order valence-corrected chi connectivity index (χ4v) is 2.66. The molecule has 7 heteroatoms. The fraction of sp³-hybridized carbons (Fsp3) is 0.357. The lowest BCUT2D eigenvalue weighted by molar-refractivity contribution is -0.141. The molecule has 0 radical (unpaired) electrons. The Bertz CT molecular complexity index is 582. The average molecular weight is 315 g/mol. The summed E-state index contributed by atoms with van der Waals surface area (Å²) in [5.41, 5.74) is 5.31. The molecule has 2 aromatic rings. The van der Waals surface area contributed by atoms with Gasteiger partial charge >= 0.3 is 6.18 Å². The molecule has 0 atom stereocenters. The van der Waals surface area contributed by atoms with Gasteiger partial charge in [-0.2, -0.15) is 13.2 Å². The Morgan fingerprint density at radius 3 is 2.62 bits per heavy atom. The molecule has 2 rings (SSSR count). The summed E-state index contributed by atoms with van der Waals surface area (Å²) >= 11 is 1.63. The van der Waals surface area contributed by atoms with Gasteiger partial charge in [-0.15, -0.1) is 11.3 Å². The summed E-state index contributed by atoms with van der Waals surface area (Å²) in [6, 6.07) is 6.32. The van der Waals surface area contributed by atoms with Crippen molar-refractivity contribution in [1.82, 2.24) is 4.98 Å². The monoisotopic (exact) mass is 315 g/mol. The number of rotatable bonds is 5. The maximum absolute atomic E-state index is 12.8. The first-order valence-corrected chi connectivity index (χ1v) is 7.30. The Hall–Kier alpha value is -1.60. The first kappa shape index (κ1) is 15.8. The molecule has 0 saturated heterocycles. The highest BCUT2D eigenvalue weighted by atomic mass is 32.1. The van der Waals surface area contributed by atoms with Gasteiger partial charge < -0.3 is 10.6 Å². The van der Waals surface area contributed by atoms with E-state index in [1.165, 1.54) is 10.9 Å². The summed E-state index contributed by atoms with van der Waals surface area (Å²) in [6.07, 6.45) is -3.69. The fourth-order valence-electron chi connectivity index (χ4n) is 1.96. The van der Waals surface area contributed by atoms with Crippen LogP contribution in [0.5, 0.6) is 0 Å². The number of hydrogen-bond donors (Lipinski definition) is 1. The number of nitrogens with zero attached hydrogens (tertiary/aromatic N) is 2. The highest BCUT2D eigenvalue weighted by Crippen LogP contribution is 2.30. The lowest BCUT2D eigenvalue weighted by atomic mass is 10.2. The van der Waals surface area contributed by atoms with E-state index < -0.39 is 11.9 Å². The van der Waals surface area contributed by atoms with Gasteiger partial charge in [0.2, 0.25) is 0 Å². The molecule has 0 bridgehead atoms. The first-order valence-electron chi connectivity index (χ1n) is 6.42. The molecule has 0 unspecified atom stereocenters. The Morgan fingerprint density at radius 1 is 1.29 bits per heavy atom. The number of aromatic nitrogens is 1. The number of alkyl halides is 3. The van der Waals surface area contributed by atoms with E-state index in [0.717, 1.165) is 12.5 Å². The van der Waals surface area contributed by atoms with E-state index in [2.05, 4.69) is 4.98 Å². The van der Waals surface area contributed by atoms with Crippen molar-refractivity contribution in [3.8, 4) is 0 Å². The minimum atomic E-state index is -4.45. The molecule has 2 heterocycles. The van der Waals surface area contributed by atoms with Crippen molar-refractivity contribution in [2.75, 3.05) is 18.5 Å². The normalized spacial score (nSPS) is 11.7. The Balaban J connectivity index is 2.19. The van der Waals surface area contributed by atoms with E-state index in [4.69, 9.17) is 5.73 Å². The van der Waals surface area contributed by atoms with Crippen LogP contribution in [-0.4, -0.2) is 18.6 Å². The van der Waals surface area contributed by atoms with Crippen LogP contribution in [0.1, 0.15) is 16.1 Å². The second-order valence-corrected chi connectivity index (χ2v) is 5.66. The molecule has 0 aliphatic heterocycles. The van der Waals surface area contributed by atoms with Gasteiger partial charge in [0.25, 0.3) is 0 Å². The predicted molar refractivity (Wildman–Crippen MR) is 78.4 cm³/mol. The quantitative estimate of drug-likeness (QED) is 0.920. The van der Waals surface area contributed by atoms with Crippen LogP contribution in [0.3, 0.4) is 0 Å². The minimum Gasteiger partial charge on any atom is -0.359 e. The maximum atomic E-state index is 12.8. The molecular weight excluding hydrogens is 299 g/mol. The maximum Gasteiger partial charge on any atom is 0.433 e. The molecule has 114 valence electrons. The van der Waals surface area contributed by atoms with E-state index >= 15 is 0 Å². The lowest BCUT2D eigenvalue weighted by Gasteiger charge is -2.22. The van der Waals surface area contributed by atoms with Gasteiger partial charge in [0.05, 0.1) is 0 Å². The smallest absolute Gasteiger partial charge is 0.359 e. The summed E-state index contributed by atoms with van der Waals surface area (Å²) in [6.45, 7) is 0.742. The van der Waals surface area contributed by atoms with Crippen molar-refractivity contribution in [3.63, 3.8) is 0 Å². The van der Waals surface area contributed by atoms with Gasteiger partial charge in [0.1, 0.15) is 11.5 Å². The Kier molecular flexibility index (Phi) is 4.84. The van der Waals surface area contributed by atoms with Crippen LogP contribution in [-0.2, 0) is 19.1 Å². The molecule has 2 aromatic heterocycles. The van der Waals surface area contributed by atoms with Crippen molar-refractivity contribution in [3.05, 3.63) is 45.8 Å². The van der Waals surface area contributed by atoms with Crippen LogP contribution in [0, 0.1) is 0 Å². The summed E-state index contributed by atoms with van der Waals surface area (Å²) in [4.78, 5) is 6.64. The number of hydrogen-bond acceptors (Lipinski definition) is 4. The van der Waals surface area contributed by atoms with Crippen LogP contribution < -0.4 is 10.6 Å². The molecular formula is C14H16F3N3S. The SMILES string of the molecule is CN(CCc1cccs1)c1nc(C(F)(F)F)ccc1CN. The molecule has 21 heavy (non-hydrogen) atoms.